The topological polar surface area (TPSA) is 103 Å². The van der Waals surface area contributed by atoms with Gasteiger partial charge < -0.3 is 21.3 Å². The highest BCUT2D eigenvalue weighted by molar-refractivity contribution is 5.45. The van der Waals surface area contributed by atoms with Crippen molar-refractivity contribution in [1.29, 1.82) is 0 Å². The molecule has 0 amide bonds. The number of hydrogen-bond acceptors (Lipinski definition) is 6. The van der Waals surface area contributed by atoms with Crippen molar-refractivity contribution in [2.45, 2.75) is 32.1 Å². The molecule has 24 heavy (non-hydrogen) atoms. The van der Waals surface area contributed by atoms with Gasteiger partial charge in [0.15, 0.2) is 6.29 Å². The summed E-state index contributed by atoms with van der Waals surface area (Å²) in [6.45, 7) is 2.60. The molecule has 6 nitrogen and oxygen atoms in total. The first-order chi connectivity index (χ1) is 11.6. The van der Waals surface area contributed by atoms with Crippen LogP contribution in [-0.4, -0.2) is 29.3 Å². The van der Waals surface area contributed by atoms with Gasteiger partial charge in [0.1, 0.15) is 6.29 Å². The third kappa shape index (κ3) is 5.92. The Labute approximate surface area is 142 Å². The van der Waals surface area contributed by atoms with Crippen LogP contribution in [0, 0.1) is 0 Å². The van der Waals surface area contributed by atoms with Crippen LogP contribution in [0.15, 0.2) is 54.6 Å². The van der Waals surface area contributed by atoms with E-state index in [1.54, 1.807) is 0 Å². The molecule has 2 rings (SSSR count). The molecule has 0 saturated heterocycles. The van der Waals surface area contributed by atoms with Gasteiger partial charge >= 0.3 is 0 Å². The molecule has 1 unspecified atom stereocenters. The minimum Gasteiger partial charge on any atom is -0.367 e. The van der Waals surface area contributed by atoms with Crippen LogP contribution >= 0.6 is 0 Å². The molecule has 0 fully saturated rings. The van der Waals surface area contributed by atoms with E-state index in [1.165, 1.54) is 0 Å². The first kappa shape index (κ1) is 18.4. The van der Waals surface area contributed by atoms with Crippen LogP contribution in [0.3, 0.4) is 0 Å². The molecule has 0 spiro atoms. The van der Waals surface area contributed by atoms with Gasteiger partial charge in [0, 0.05) is 24.8 Å². The van der Waals surface area contributed by atoms with Gasteiger partial charge in [0.25, 0.3) is 0 Å². The molecule has 2 atom stereocenters. The fourth-order valence-corrected chi connectivity index (χ4v) is 2.37. The number of anilines is 1. The molecule has 130 valence electrons. The van der Waals surface area contributed by atoms with E-state index in [9.17, 15) is 0 Å². The smallest absolute Gasteiger partial charge is 0.164 e. The minimum atomic E-state index is -1.41. The summed E-state index contributed by atoms with van der Waals surface area (Å²) in [6.07, 6.45) is -1.74. The van der Waals surface area contributed by atoms with Crippen molar-refractivity contribution in [3.05, 3.63) is 65.7 Å². The second kappa shape index (κ2) is 9.36. The Morgan fingerprint density at radius 2 is 1.67 bits per heavy atom. The summed E-state index contributed by atoms with van der Waals surface area (Å²) < 4.78 is 0. The summed E-state index contributed by atoms with van der Waals surface area (Å²) in [5.41, 5.74) is 8.72. The minimum absolute atomic E-state index is 0.0487. The Hall–Kier alpha value is -1.96. The van der Waals surface area contributed by atoms with Gasteiger partial charge in [-0.05, 0) is 30.2 Å². The number of rotatable bonds is 9. The van der Waals surface area contributed by atoms with Gasteiger partial charge in [-0.3, -0.25) is 10.6 Å². The molecule has 0 radical (unpaired) electrons. The third-order valence-corrected chi connectivity index (χ3v) is 3.72. The monoisotopic (exact) mass is 330 g/mol. The van der Waals surface area contributed by atoms with Crippen molar-refractivity contribution in [2.24, 2.45) is 5.73 Å². The van der Waals surface area contributed by atoms with Crippen molar-refractivity contribution in [1.82, 2.24) is 10.6 Å². The third-order valence-electron chi connectivity index (χ3n) is 3.72. The van der Waals surface area contributed by atoms with Crippen LogP contribution in [0.25, 0.3) is 0 Å². The van der Waals surface area contributed by atoms with Crippen molar-refractivity contribution in [2.75, 3.05) is 11.9 Å². The first-order valence-electron chi connectivity index (χ1n) is 8.04. The normalized spacial score (nSPS) is 13.7. The number of hydrogen-bond donors (Lipinski definition) is 6. The van der Waals surface area contributed by atoms with Crippen LogP contribution in [-0.2, 0) is 6.54 Å². The number of aliphatic hydroxyl groups is 2. The van der Waals surface area contributed by atoms with Gasteiger partial charge in [0.05, 0.1) is 0 Å². The summed E-state index contributed by atoms with van der Waals surface area (Å²) in [7, 11) is 0. The molecule has 0 aliphatic carbocycles. The van der Waals surface area contributed by atoms with Crippen LogP contribution in [0.4, 0.5) is 5.69 Å². The zero-order valence-corrected chi connectivity index (χ0v) is 13.8. The summed E-state index contributed by atoms with van der Waals surface area (Å²) in [5.74, 6) is 0. The second-order valence-corrected chi connectivity index (χ2v) is 5.67. The lowest BCUT2D eigenvalue weighted by molar-refractivity contribution is -0.0391. The fourth-order valence-electron chi connectivity index (χ4n) is 2.37. The maximum absolute atomic E-state index is 9.11. The summed E-state index contributed by atoms with van der Waals surface area (Å²) in [6, 6.07) is 17.9. The number of aliphatic hydroxyl groups excluding tert-OH is 1. The molecular weight excluding hydrogens is 304 g/mol. The van der Waals surface area contributed by atoms with Crippen LogP contribution in [0.5, 0.6) is 0 Å². The van der Waals surface area contributed by atoms with Crippen LogP contribution < -0.4 is 21.7 Å². The Morgan fingerprint density at radius 1 is 1.00 bits per heavy atom. The highest BCUT2D eigenvalue weighted by atomic mass is 16.5. The molecule has 0 aliphatic rings. The molecule has 0 aromatic heterocycles. The molecule has 6 heteroatoms. The number of nitrogens with two attached hydrogens (primary N) is 1. The van der Waals surface area contributed by atoms with Gasteiger partial charge in [0.2, 0.25) is 0 Å². The van der Waals surface area contributed by atoms with Crippen LogP contribution in [0.2, 0.25) is 0 Å². The van der Waals surface area contributed by atoms with Gasteiger partial charge in [-0.15, -0.1) is 0 Å². The molecule has 0 heterocycles. The zero-order valence-electron chi connectivity index (χ0n) is 13.8. The lowest BCUT2D eigenvalue weighted by Gasteiger charge is -2.27. The highest BCUT2D eigenvalue weighted by Crippen LogP contribution is 2.14. The highest BCUT2D eigenvalue weighted by Gasteiger charge is 2.14. The Balaban J connectivity index is 2.02. The van der Waals surface area contributed by atoms with Crippen molar-refractivity contribution < 1.29 is 10.2 Å². The lowest BCUT2D eigenvalue weighted by atomic mass is 10.1. The Kier molecular flexibility index (Phi) is 7.17. The molecule has 2 aromatic carbocycles. The van der Waals surface area contributed by atoms with Gasteiger partial charge in [-0.2, -0.15) is 0 Å². The lowest BCUT2D eigenvalue weighted by Crippen LogP contribution is -2.51. The molecule has 0 bridgehead atoms. The zero-order chi connectivity index (χ0) is 17.4. The van der Waals surface area contributed by atoms with E-state index in [4.69, 9.17) is 15.9 Å². The van der Waals surface area contributed by atoms with E-state index in [-0.39, 0.29) is 18.9 Å². The van der Waals surface area contributed by atoms with Gasteiger partial charge in [-0.1, -0.05) is 42.5 Å². The molecule has 0 aliphatic heterocycles. The van der Waals surface area contributed by atoms with Crippen molar-refractivity contribution in [3.63, 3.8) is 0 Å². The van der Waals surface area contributed by atoms with E-state index in [2.05, 4.69) is 22.9 Å². The predicted molar refractivity (Wildman–Crippen MR) is 96.0 cm³/mol. The maximum Gasteiger partial charge on any atom is 0.164 e. The molecule has 7 N–H and O–H groups in total. The van der Waals surface area contributed by atoms with E-state index in [0.717, 1.165) is 16.8 Å². The molecule has 2 aromatic rings. The van der Waals surface area contributed by atoms with E-state index >= 15 is 0 Å². The summed E-state index contributed by atoms with van der Waals surface area (Å²) in [4.78, 5) is 0. The second-order valence-electron chi connectivity index (χ2n) is 5.67. The maximum atomic E-state index is 9.11. The van der Waals surface area contributed by atoms with E-state index < -0.39 is 6.29 Å². The van der Waals surface area contributed by atoms with E-state index in [0.29, 0.717) is 6.54 Å². The average Bonchev–Trinajstić information content (AvgIpc) is 2.61. The summed E-state index contributed by atoms with van der Waals surface area (Å²) in [5, 5.41) is 28.0. The molecular formula is C18H26N4O2. The largest absolute Gasteiger partial charge is 0.367 e. The fraction of sp³-hybridized carbons (Fsp3) is 0.333. The first-order valence-corrected chi connectivity index (χ1v) is 8.04. The number of benzene rings is 2. The van der Waals surface area contributed by atoms with E-state index in [1.807, 2.05) is 54.6 Å². The van der Waals surface area contributed by atoms with Crippen LogP contribution in [0.1, 0.15) is 24.1 Å². The standard InChI is InChI=1S/C18H26N4O2/c1-13(15-5-3-2-4-6-15)21-18(20-12-17(23)24)22-16-9-7-14(11-19)8-10-16/h2-10,13,17-18,20-24H,11-12,19H2,1H3/t13-,18?/m1/s1. The summed E-state index contributed by atoms with van der Waals surface area (Å²) >= 11 is 0. The number of nitrogens with one attached hydrogen (secondary N) is 3. The average molecular weight is 330 g/mol. The predicted octanol–water partition coefficient (Wildman–Crippen LogP) is 1.09. The van der Waals surface area contributed by atoms with Crippen molar-refractivity contribution in [3.8, 4) is 0 Å². The Bertz CT molecular complexity index is 590. The van der Waals surface area contributed by atoms with Crippen molar-refractivity contribution >= 4 is 5.69 Å². The quantitative estimate of drug-likeness (QED) is 0.385. The Morgan fingerprint density at radius 3 is 2.25 bits per heavy atom. The molecule has 0 saturated carbocycles. The SMILES string of the molecule is C[C@@H](NC(NCC(O)O)Nc1ccc(CN)cc1)c1ccccc1. The van der Waals surface area contributed by atoms with Gasteiger partial charge in [-0.25, -0.2) is 0 Å².